The van der Waals surface area contributed by atoms with Gasteiger partial charge in [-0.15, -0.1) is 0 Å². The van der Waals surface area contributed by atoms with Crippen molar-refractivity contribution in [2.45, 2.75) is 25.2 Å². The van der Waals surface area contributed by atoms with Crippen molar-refractivity contribution in [1.29, 1.82) is 0 Å². The van der Waals surface area contributed by atoms with Gasteiger partial charge in [-0.2, -0.15) is 0 Å². The molecule has 0 spiro atoms. The first-order chi connectivity index (χ1) is 9.57. The maximum absolute atomic E-state index is 11.5. The molecular formula is C14H20O6Sn. The molecule has 21 heavy (non-hydrogen) atoms. The average molecular weight is 403 g/mol. The summed E-state index contributed by atoms with van der Waals surface area (Å²) in [6.45, 7) is 15.3. The van der Waals surface area contributed by atoms with Crippen molar-refractivity contribution in [2.75, 3.05) is 0 Å². The Bertz CT molecular complexity index is 406. The van der Waals surface area contributed by atoms with Crippen molar-refractivity contribution in [1.82, 2.24) is 0 Å². The topological polar surface area (TPSA) is 78.9 Å². The number of carbonyl (C=O) groups is 3. The van der Waals surface area contributed by atoms with E-state index in [1.807, 2.05) is 20.8 Å². The Morgan fingerprint density at radius 1 is 0.857 bits per heavy atom. The van der Waals surface area contributed by atoms with Crippen molar-refractivity contribution < 1.29 is 23.6 Å². The van der Waals surface area contributed by atoms with Crippen LogP contribution >= 0.6 is 0 Å². The maximum atomic E-state index is 11.5. The molecule has 0 rings (SSSR count). The van der Waals surface area contributed by atoms with E-state index in [-0.39, 0.29) is 4.44 Å². The second-order valence-electron chi connectivity index (χ2n) is 5.30. The van der Waals surface area contributed by atoms with Gasteiger partial charge in [0.05, 0.1) is 0 Å². The summed E-state index contributed by atoms with van der Waals surface area (Å²) in [5.41, 5.74) is -0.402. The van der Waals surface area contributed by atoms with Gasteiger partial charge in [0, 0.05) is 0 Å². The van der Waals surface area contributed by atoms with Crippen LogP contribution in [0.3, 0.4) is 0 Å². The average Bonchev–Trinajstić information content (AvgIpc) is 2.35. The molecule has 0 fully saturated rings. The van der Waals surface area contributed by atoms with Crippen LogP contribution < -0.4 is 0 Å². The molecule has 0 bridgehead atoms. The zero-order valence-electron chi connectivity index (χ0n) is 12.5. The van der Waals surface area contributed by atoms with E-state index in [0.717, 1.165) is 18.2 Å². The molecule has 0 atom stereocenters. The molecule has 0 heterocycles. The Balaban J connectivity index is 5.65. The van der Waals surface area contributed by atoms with Gasteiger partial charge in [0.2, 0.25) is 0 Å². The van der Waals surface area contributed by atoms with Gasteiger partial charge in [-0.3, -0.25) is 0 Å². The summed E-state index contributed by atoms with van der Waals surface area (Å²) >= 11 is -4.83. The van der Waals surface area contributed by atoms with E-state index in [1.54, 1.807) is 0 Å². The third kappa shape index (κ3) is 7.69. The minimum atomic E-state index is -4.83. The molecule has 0 aromatic heterocycles. The van der Waals surface area contributed by atoms with Gasteiger partial charge in [-0.05, 0) is 0 Å². The summed E-state index contributed by atoms with van der Waals surface area (Å²) in [6, 6.07) is 0. The van der Waals surface area contributed by atoms with Gasteiger partial charge in [0.25, 0.3) is 0 Å². The zero-order valence-corrected chi connectivity index (χ0v) is 15.4. The number of hydrogen-bond donors (Lipinski definition) is 0. The van der Waals surface area contributed by atoms with E-state index >= 15 is 0 Å². The van der Waals surface area contributed by atoms with E-state index in [9.17, 15) is 14.4 Å². The molecule has 116 valence electrons. The first-order valence-electron chi connectivity index (χ1n) is 6.13. The molecular weight excluding hydrogens is 383 g/mol. The first kappa shape index (κ1) is 19.4. The summed E-state index contributed by atoms with van der Waals surface area (Å²) < 4.78 is 15.7. The van der Waals surface area contributed by atoms with Crippen molar-refractivity contribution in [3.8, 4) is 0 Å². The molecule has 7 heteroatoms. The summed E-state index contributed by atoms with van der Waals surface area (Å²) in [7, 11) is 0. The molecule has 0 aromatic rings. The van der Waals surface area contributed by atoms with Crippen molar-refractivity contribution in [2.24, 2.45) is 5.41 Å². The molecule has 0 aliphatic carbocycles. The van der Waals surface area contributed by atoms with Crippen LogP contribution in [0.4, 0.5) is 0 Å². The molecule has 0 aromatic carbocycles. The molecule has 0 aliphatic heterocycles. The molecule has 0 aliphatic rings. The Kier molecular flexibility index (Phi) is 7.41. The van der Waals surface area contributed by atoms with Crippen LogP contribution in [0.5, 0.6) is 0 Å². The van der Waals surface area contributed by atoms with Gasteiger partial charge in [-0.25, -0.2) is 0 Å². The van der Waals surface area contributed by atoms with Gasteiger partial charge >= 0.3 is 130 Å². The quantitative estimate of drug-likeness (QED) is 0.479. The predicted molar refractivity (Wildman–Crippen MR) is 78.9 cm³/mol. The normalized spacial score (nSPS) is 11.0. The van der Waals surface area contributed by atoms with Crippen LogP contribution in [0, 0.1) is 5.41 Å². The van der Waals surface area contributed by atoms with E-state index in [2.05, 4.69) is 19.7 Å². The van der Waals surface area contributed by atoms with Gasteiger partial charge in [0.15, 0.2) is 0 Å². The summed E-state index contributed by atoms with van der Waals surface area (Å²) in [6.07, 6.45) is 2.74. The molecule has 0 amide bonds. The van der Waals surface area contributed by atoms with E-state index < -0.39 is 42.9 Å². The molecule has 6 nitrogen and oxygen atoms in total. The van der Waals surface area contributed by atoms with Crippen molar-refractivity contribution in [3.05, 3.63) is 38.0 Å². The van der Waals surface area contributed by atoms with Crippen molar-refractivity contribution in [3.63, 3.8) is 0 Å². The summed E-state index contributed by atoms with van der Waals surface area (Å²) in [5.74, 6) is -2.45. The standard InChI is InChI=1S/C5H11.3C3H4O2.Sn/c1-5(2,3)4;3*1-2-3(4)5;/h1H2,2-4H3;3*2H,1H2,(H,4,5);/q;;;;+3/p-3. The number of hydrogen-bond acceptors (Lipinski definition) is 6. The molecule has 0 saturated carbocycles. The SMILES string of the molecule is C=CC(=O)[O][Sn]([CH2]C(C)(C)C)([O]C(=O)C=C)[O]C(=O)C=C. The fourth-order valence-electron chi connectivity index (χ4n) is 1.41. The fraction of sp³-hybridized carbons (Fsp3) is 0.357. The van der Waals surface area contributed by atoms with E-state index in [1.165, 1.54) is 0 Å². The van der Waals surface area contributed by atoms with Crippen LogP contribution in [0.1, 0.15) is 20.8 Å². The van der Waals surface area contributed by atoms with Gasteiger partial charge < -0.3 is 0 Å². The van der Waals surface area contributed by atoms with Crippen LogP contribution in [0.2, 0.25) is 4.44 Å². The monoisotopic (exact) mass is 404 g/mol. The van der Waals surface area contributed by atoms with E-state index in [0.29, 0.717) is 0 Å². The Morgan fingerprint density at radius 3 is 1.33 bits per heavy atom. The van der Waals surface area contributed by atoms with Gasteiger partial charge in [-0.1, -0.05) is 0 Å². The third-order valence-electron chi connectivity index (χ3n) is 2.02. The number of carbonyl (C=O) groups excluding carboxylic acids is 3. The Hall–Kier alpha value is -1.57. The second-order valence-corrected chi connectivity index (χ2v) is 12.0. The minimum absolute atomic E-state index is 0.125. The van der Waals surface area contributed by atoms with Crippen molar-refractivity contribution >= 4 is 37.5 Å². The third-order valence-corrected chi connectivity index (χ3v) is 10.7. The summed E-state index contributed by atoms with van der Waals surface area (Å²) in [4.78, 5) is 34.6. The van der Waals surface area contributed by atoms with Crippen LogP contribution in [0.15, 0.2) is 38.0 Å². The zero-order chi connectivity index (χ0) is 16.7. The second kappa shape index (κ2) is 8.01. The molecule has 0 saturated heterocycles. The fourth-order valence-corrected chi connectivity index (χ4v) is 9.43. The molecule has 0 N–H and O–H groups in total. The molecule has 0 unspecified atom stereocenters. The van der Waals surface area contributed by atoms with E-state index in [4.69, 9.17) is 9.22 Å². The Labute approximate surface area is 130 Å². The van der Waals surface area contributed by atoms with Crippen LogP contribution in [-0.2, 0) is 23.6 Å². The van der Waals surface area contributed by atoms with Gasteiger partial charge in [0.1, 0.15) is 0 Å². The summed E-state index contributed by atoms with van der Waals surface area (Å²) in [5, 5.41) is 0. The van der Waals surface area contributed by atoms with Crippen LogP contribution in [0.25, 0.3) is 0 Å². The Morgan fingerprint density at radius 2 is 1.14 bits per heavy atom. The number of rotatable bonds is 7. The predicted octanol–water partition coefficient (Wildman–Crippen LogP) is 2.16. The first-order valence-corrected chi connectivity index (χ1v) is 11.6. The molecule has 0 radical (unpaired) electrons. The van der Waals surface area contributed by atoms with Crippen LogP contribution in [-0.4, -0.2) is 37.5 Å².